The molecule has 0 saturated heterocycles. The van der Waals surface area contributed by atoms with Crippen LogP contribution < -0.4 is 10.6 Å². The average molecular weight is 216 g/mol. The molecule has 0 aliphatic rings. The van der Waals surface area contributed by atoms with E-state index in [0.717, 1.165) is 58.2 Å². The van der Waals surface area contributed by atoms with Gasteiger partial charge in [-0.1, -0.05) is 20.8 Å². The van der Waals surface area contributed by atoms with Crippen LogP contribution in [0.15, 0.2) is 0 Å². The van der Waals surface area contributed by atoms with Gasteiger partial charge < -0.3 is 15.4 Å². The first kappa shape index (κ1) is 14.9. The predicted molar refractivity (Wildman–Crippen MR) is 66.3 cm³/mol. The van der Waals surface area contributed by atoms with Gasteiger partial charge in [0.1, 0.15) is 0 Å². The lowest BCUT2D eigenvalue weighted by Gasteiger charge is -2.08. The molecule has 0 rings (SSSR count). The standard InChI is InChI=1S/C12H28N2O/c1-4-9-15-10-5-6-13-7-8-14-11-12(2)3/h12-14H,4-11H2,1-3H3. The van der Waals surface area contributed by atoms with Crippen LogP contribution in [0.5, 0.6) is 0 Å². The molecule has 15 heavy (non-hydrogen) atoms. The Bertz CT molecular complexity index is 118. The minimum atomic E-state index is 0.743. The van der Waals surface area contributed by atoms with Crippen molar-refractivity contribution in [1.29, 1.82) is 0 Å². The zero-order valence-corrected chi connectivity index (χ0v) is 10.6. The van der Waals surface area contributed by atoms with Crippen LogP contribution >= 0.6 is 0 Å². The van der Waals surface area contributed by atoms with Crippen LogP contribution in [0.25, 0.3) is 0 Å². The smallest absolute Gasteiger partial charge is 0.0478 e. The fourth-order valence-corrected chi connectivity index (χ4v) is 1.24. The molecule has 0 fully saturated rings. The molecule has 0 atom stereocenters. The summed E-state index contributed by atoms with van der Waals surface area (Å²) in [6, 6.07) is 0. The van der Waals surface area contributed by atoms with Gasteiger partial charge in [0.2, 0.25) is 0 Å². The largest absolute Gasteiger partial charge is 0.381 e. The van der Waals surface area contributed by atoms with E-state index < -0.39 is 0 Å². The van der Waals surface area contributed by atoms with Crippen molar-refractivity contribution in [1.82, 2.24) is 10.6 Å². The third-order valence-electron chi connectivity index (χ3n) is 2.02. The van der Waals surface area contributed by atoms with Crippen molar-refractivity contribution < 1.29 is 4.74 Å². The van der Waals surface area contributed by atoms with E-state index in [1.807, 2.05) is 0 Å². The molecule has 0 aromatic heterocycles. The van der Waals surface area contributed by atoms with Crippen molar-refractivity contribution in [3.05, 3.63) is 0 Å². The van der Waals surface area contributed by atoms with Crippen LogP contribution in [-0.4, -0.2) is 39.4 Å². The molecule has 92 valence electrons. The normalized spacial score (nSPS) is 11.2. The molecule has 0 saturated carbocycles. The van der Waals surface area contributed by atoms with Gasteiger partial charge in [-0.05, 0) is 31.8 Å². The van der Waals surface area contributed by atoms with E-state index >= 15 is 0 Å². The lowest BCUT2D eigenvalue weighted by atomic mass is 10.2. The molecule has 0 amide bonds. The Morgan fingerprint density at radius 2 is 1.73 bits per heavy atom. The van der Waals surface area contributed by atoms with Gasteiger partial charge in [0.05, 0.1) is 0 Å². The van der Waals surface area contributed by atoms with Gasteiger partial charge >= 0.3 is 0 Å². The monoisotopic (exact) mass is 216 g/mol. The second kappa shape index (κ2) is 12.0. The molecule has 0 spiro atoms. The molecule has 0 aromatic carbocycles. The summed E-state index contributed by atoms with van der Waals surface area (Å²) in [6.45, 7) is 12.7. The molecule has 0 aliphatic carbocycles. The Morgan fingerprint density at radius 1 is 1.00 bits per heavy atom. The summed E-state index contributed by atoms with van der Waals surface area (Å²) in [5.74, 6) is 0.743. The number of nitrogens with one attached hydrogen (secondary N) is 2. The molecule has 0 aliphatic heterocycles. The van der Waals surface area contributed by atoms with Crippen molar-refractivity contribution in [3.63, 3.8) is 0 Å². The van der Waals surface area contributed by atoms with Crippen molar-refractivity contribution in [2.24, 2.45) is 5.92 Å². The van der Waals surface area contributed by atoms with Crippen molar-refractivity contribution in [2.75, 3.05) is 39.4 Å². The number of ether oxygens (including phenoxy) is 1. The number of hydrogen-bond donors (Lipinski definition) is 2. The summed E-state index contributed by atoms with van der Waals surface area (Å²) in [6.07, 6.45) is 2.23. The van der Waals surface area contributed by atoms with Crippen molar-refractivity contribution in [3.8, 4) is 0 Å². The summed E-state index contributed by atoms with van der Waals surface area (Å²) in [5.41, 5.74) is 0. The minimum Gasteiger partial charge on any atom is -0.381 e. The lowest BCUT2D eigenvalue weighted by Crippen LogP contribution is -2.30. The Morgan fingerprint density at radius 3 is 2.40 bits per heavy atom. The molecule has 0 radical (unpaired) electrons. The maximum Gasteiger partial charge on any atom is 0.0478 e. The molecule has 0 heterocycles. The SMILES string of the molecule is CCCOCCCNCCNCC(C)C. The fraction of sp³-hybridized carbons (Fsp3) is 1.00. The summed E-state index contributed by atoms with van der Waals surface area (Å²) in [4.78, 5) is 0. The maximum absolute atomic E-state index is 5.39. The fourth-order valence-electron chi connectivity index (χ4n) is 1.24. The van der Waals surface area contributed by atoms with Gasteiger partial charge in [0.25, 0.3) is 0 Å². The van der Waals surface area contributed by atoms with E-state index in [1.165, 1.54) is 0 Å². The Balaban J connectivity index is 2.87. The van der Waals surface area contributed by atoms with E-state index in [1.54, 1.807) is 0 Å². The van der Waals surface area contributed by atoms with Crippen LogP contribution in [0.2, 0.25) is 0 Å². The quantitative estimate of drug-likeness (QED) is 0.515. The Labute approximate surface area is 95.0 Å². The topological polar surface area (TPSA) is 33.3 Å². The zero-order chi connectivity index (χ0) is 11.4. The van der Waals surface area contributed by atoms with E-state index in [0.29, 0.717) is 0 Å². The summed E-state index contributed by atoms with van der Waals surface area (Å²) < 4.78 is 5.39. The second-order valence-electron chi connectivity index (χ2n) is 4.31. The van der Waals surface area contributed by atoms with Crippen LogP contribution in [0.1, 0.15) is 33.6 Å². The van der Waals surface area contributed by atoms with E-state index in [9.17, 15) is 0 Å². The summed E-state index contributed by atoms with van der Waals surface area (Å²) in [5, 5.41) is 6.80. The summed E-state index contributed by atoms with van der Waals surface area (Å²) in [7, 11) is 0. The highest BCUT2D eigenvalue weighted by Gasteiger charge is 1.92. The van der Waals surface area contributed by atoms with Gasteiger partial charge in [-0.25, -0.2) is 0 Å². The number of rotatable bonds is 11. The first-order chi connectivity index (χ1) is 7.27. The molecule has 2 N–H and O–H groups in total. The molecule has 0 bridgehead atoms. The molecular weight excluding hydrogens is 188 g/mol. The van der Waals surface area contributed by atoms with Gasteiger partial charge in [-0.15, -0.1) is 0 Å². The van der Waals surface area contributed by atoms with Crippen molar-refractivity contribution in [2.45, 2.75) is 33.6 Å². The van der Waals surface area contributed by atoms with Crippen molar-refractivity contribution >= 4 is 0 Å². The summed E-state index contributed by atoms with van der Waals surface area (Å²) >= 11 is 0. The molecule has 3 heteroatoms. The third-order valence-corrected chi connectivity index (χ3v) is 2.02. The highest BCUT2D eigenvalue weighted by Crippen LogP contribution is 1.86. The van der Waals surface area contributed by atoms with Gasteiger partial charge in [-0.3, -0.25) is 0 Å². The highest BCUT2D eigenvalue weighted by molar-refractivity contribution is 4.54. The Hall–Kier alpha value is -0.120. The second-order valence-corrected chi connectivity index (χ2v) is 4.31. The zero-order valence-electron chi connectivity index (χ0n) is 10.6. The number of hydrogen-bond acceptors (Lipinski definition) is 3. The van der Waals surface area contributed by atoms with Crippen LogP contribution in [0.4, 0.5) is 0 Å². The first-order valence-electron chi connectivity index (χ1n) is 6.26. The molecule has 0 aromatic rings. The highest BCUT2D eigenvalue weighted by atomic mass is 16.5. The van der Waals surface area contributed by atoms with E-state index in [-0.39, 0.29) is 0 Å². The van der Waals surface area contributed by atoms with Crippen LogP contribution in [-0.2, 0) is 4.74 Å². The average Bonchev–Trinajstić information content (AvgIpc) is 2.20. The molecule has 0 unspecified atom stereocenters. The first-order valence-corrected chi connectivity index (χ1v) is 6.26. The lowest BCUT2D eigenvalue weighted by molar-refractivity contribution is 0.132. The van der Waals surface area contributed by atoms with Gasteiger partial charge in [0, 0.05) is 26.3 Å². The minimum absolute atomic E-state index is 0.743. The third kappa shape index (κ3) is 13.9. The van der Waals surface area contributed by atoms with E-state index in [2.05, 4.69) is 31.4 Å². The van der Waals surface area contributed by atoms with Gasteiger partial charge in [-0.2, -0.15) is 0 Å². The maximum atomic E-state index is 5.39. The van der Waals surface area contributed by atoms with Crippen LogP contribution in [0, 0.1) is 5.92 Å². The Kier molecular flexibility index (Phi) is 11.9. The predicted octanol–water partition coefficient (Wildman–Crippen LogP) is 1.64. The molecular formula is C12H28N2O. The van der Waals surface area contributed by atoms with E-state index in [4.69, 9.17) is 4.74 Å². The molecule has 3 nitrogen and oxygen atoms in total. The van der Waals surface area contributed by atoms with Gasteiger partial charge in [0.15, 0.2) is 0 Å². The van der Waals surface area contributed by atoms with Crippen LogP contribution in [0.3, 0.4) is 0 Å².